The van der Waals surface area contributed by atoms with E-state index < -0.39 is 157 Å². The van der Waals surface area contributed by atoms with Gasteiger partial charge in [0.15, 0.2) is 30.4 Å². The summed E-state index contributed by atoms with van der Waals surface area (Å²) in [6.07, 6.45) is -9.77. The lowest BCUT2D eigenvalue weighted by molar-refractivity contribution is -0.940. The summed E-state index contributed by atoms with van der Waals surface area (Å²) in [7, 11) is -40.8. The second-order valence-electron chi connectivity index (χ2n) is 10.3. The number of quaternary nitrogens is 4. The van der Waals surface area contributed by atoms with Crippen molar-refractivity contribution < 1.29 is 134 Å². The van der Waals surface area contributed by atoms with Crippen molar-refractivity contribution in [1.82, 2.24) is 0 Å². The summed E-state index contributed by atoms with van der Waals surface area (Å²) in [4.78, 5) is 162. The molecule has 4 atom stereocenters. The molecular weight excluding hydrogens is 928 g/mol. The molecule has 0 aliphatic heterocycles. The van der Waals surface area contributed by atoms with Crippen molar-refractivity contribution in [3.63, 3.8) is 0 Å². The van der Waals surface area contributed by atoms with Gasteiger partial charge in [0.2, 0.25) is 0 Å². The predicted molar refractivity (Wildman–Crippen MR) is 182 cm³/mol. The summed E-state index contributed by atoms with van der Waals surface area (Å²) >= 11 is 0. The lowest BCUT2D eigenvalue weighted by atomic mass is 10.5. The minimum absolute atomic E-state index is 0. The zero-order chi connectivity index (χ0) is 42.8. The van der Waals surface area contributed by atoms with Gasteiger partial charge in [0.25, 0.3) is 0 Å². The topological polar surface area (TPSA) is 512 Å². The fraction of sp³-hybridized carbons (Fsp3) is 1.00. The lowest BCUT2D eigenvalue weighted by Gasteiger charge is -2.40. The van der Waals surface area contributed by atoms with Crippen molar-refractivity contribution in [1.29, 1.82) is 0 Å². The maximum atomic E-state index is 10.8. The first kappa shape index (κ1) is 74.5. The molecule has 0 aliphatic rings. The zero-order valence-corrected chi connectivity index (χ0v) is 35.2. The van der Waals surface area contributed by atoms with Crippen LogP contribution in [0.25, 0.3) is 0 Å². The minimum Gasteiger partial charge on any atom is -0.807 e. The van der Waals surface area contributed by atoms with E-state index in [1.165, 1.54) is 0 Å². The molecule has 36 heteroatoms. The van der Waals surface area contributed by atoms with Crippen LogP contribution in [0.15, 0.2) is 0 Å². The Morgan fingerprint density at radius 3 is 0.500 bits per heavy atom. The third-order valence-electron chi connectivity index (χ3n) is 5.03. The molecule has 0 heterocycles. The van der Waals surface area contributed by atoms with Gasteiger partial charge >= 0.3 is 0 Å². The minimum atomic E-state index is -5.25. The molecule has 0 saturated heterocycles. The summed E-state index contributed by atoms with van der Waals surface area (Å²) in [5.74, 6) is 0. The average molecular weight is 988 g/mol. The lowest BCUT2D eigenvalue weighted by Crippen LogP contribution is -3.20. The predicted octanol–water partition coefficient (Wildman–Crippen LogP) is -12.4. The van der Waals surface area contributed by atoms with Crippen LogP contribution in [0.4, 0.5) is 0 Å². The Bertz CT molecular complexity index is 1090. The molecule has 4 unspecified atom stereocenters. The van der Waals surface area contributed by atoms with Crippen molar-refractivity contribution in [3.8, 4) is 0 Å². The zero-order valence-electron chi connectivity index (χ0n) is 28.0. The van der Waals surface area contributed by atoms with Crippen LogP contribution in [0, 0.1) is 0 Å². The van der Waals surface area contributed by atoms with Gasteiger partial charge in [-0.3, -0.25) is 0 Å². The van der Waals surface area contributed by atoms with E-state index >= 15 is 0 Å². The Kier molecular flexibility index (Phi) is 42.3. The van der Waals surface area contributed by atoms with Gasteiger partial charge in [-0.2, -0.15) is 0 Å². The molecule has 0 aliphatic carbocycles. The quantitative estimate of drug-likeness (QED) is 0.0467. The maximum Gasteiger partial charge on any atom is 0.187 e. The first-order chi connectivity index (χ1) is 22.7. The monoisotopic (exact) mass is 988 g/mol. The average Bonchev–Trinajstić information content (AvgIpc) is 2.81. The third-order valence-corrected chi connectivity index (χ3v) is 11.8. The Morgan fingerprint density at radius 1 is 0.304 bits per heavy atom. The Hall–Kier alpha value is 1.04. The number of hydrogen-bond acceptors (Lipinski definition) is 20. The van der Waals surface area contributed by atoms with Crippen LogP contribution in [-0.2, 0) is 36.5 Å². The highest BCUT2D eigenvalue weighted by Crippen LogP contribution is 2.29. The highest BCUT2D eigenvalue weighted by atomic mass is 31.2. The van der Waals surface area contributed by atoms with Gasteiger partial charge in [-0.25, -0.2) is 0 Å². The fourth-order valence-electron chi connectivity index (χ4n) is 3.77. The summed E-state index contributed by atoms with van der Waals surface area (Å²) in [6, 6.07) is 0. The van der Waals surface area contributed by atoms with Crippen LogP contribution in [0.1, 0.15) is 57.4 Å². The van der Waals surface area contributed by atoms with E-state index in [2.05, 4.69) is 0 Å². The molecule has 0 spiro atoms. The molecule has 0 rings (SSSR count). The van der Waals surface area contributed by atoms with E-state index in [0.717, 1.165) is 0 Å². The van der Waals surface area contributed by atoms with Gasteiger partial charge in [-0.1, -0.05) is 57.4 Å². The molecule has 0 fully saturated rings. The second kappa shape index (κ2) is 31.8. The van der Waals surface area contributed by atoms with Gasteiger partial charge in [0.1, 0.15) is 76.5 Å². The molecule has 0 radical (unpaired) electrons. The van der Waals surface area contributed by atoms with Gasteiger partial charge in [-0.15, -0.1) is 0 Å². The number of rotatable bonds is 22. The first-order valence-electron chi connectivity index (χ1n) is 14.2. The molecule has 0 bridgehead atoms. The van der Waals surface area contributed by atoms with Crippen LogP contribution < -0.4 is 78.3 Å². The summed E-state index contributed by atoms with van der Waals surface area (Å²) < 4.78 is 86.1. The molecule has 0 aromatic heterocycles. The van der Waals surface area contributed by atoms with E-state index in [1.807, 2.05) is 27.7 Å². The van der Waals surface area contributed by atoms with E-state index in [0.29, 0.717) is 0 Å². The van der Waals surface area contributed by atoms with Gasteiger partial charge in [-0.05, 0) is 30.4 Å². The third kappa shape index (κ3) is 61.7. The second-order valence-corrected chi connectivity index (χ2v) is 22.8. The summed E-state index contributed by atoms with van der Waals surface area (Å²) in [6.45, 7) is 5.65. The number of hydrogen-bond donors (Lipinski definition) is 8. The van der Waals surface area contributed by atoms with Gasteiger partial charge in [0.05, 0.1) is 0 Å². The van der Waals surface area contributed by atoms with Crippen LogP contribution in [0.3, 0.4) is 0 Å². The van der Waals surface area contributed by atoms with Crippen molar-refractivity contribution in [2.75, 3.05) is 76.5 Å². The Balaban J connectivity index is -0.000000118. The van der Waals surface area contributed by atoms with Gasteiger partial charge in [0, 0.05) is 0 Å². The van der Waals surface area contributed by atoms with E-state index in [-0.39, 0.29) is 29.7 Å². The fourth-order valence-corrected chi connectivity index (χ4v) is 11.1. The van der Waals surface area contributed by atoms with Crippen LogP contribution in [0.2, 0.25) is 0 Å². The standard InChI is InChI=1S/2C6H20N2O12P4.2C2H6.4CH4/c2*9-21(10,11)3-7(4-22(12,13)14)1-2-8(5-23(15,16)17)6-24(18,19)20;2*1-2;;;;/h2*1-6H2,(H2,9,10,11)(H2,12,13,14)(H2,15,16,17)(H2,18,19,20);2*1-2H3;4*1H4/p-8. The highest BCUT2D eigenvalue weighted by molar-refractivity contribution is 7.51. The molecule has 28 nitrogen and oxygen atoms in total. The SMILES string of the molecule is C.C.C.C.CC.CC.O=P([O-])(O)C[NH+](CC[NH+](CP(=O)([O-])O)CP(=O)([O-])O)CP(=O)([O-])O.O=P([O-])([O-])C[NH+](CC[NH+](CP(=O)([O-])[O-])CP(=O)([O-])[O-])CP(=O)([O-])[O-]. The Labute approximate surface area is 328 Å². The van der Waals surface area contributed by atoms with Crippen molar-refractivity contribution >= 4 is 60.8 Å². The smallest absolute Gasteiger partial charge is 0.187 e. The highest BCUT2D eigenvalue weighted by Gasteiger charge is 2.26. The van der Waals surface area contributed by atoms with Crippen molar-refractivity contribution in [2.45, 2.75) is 57.4 Å². The largest absolute Gasteiger partial charge is 0.807 e. The number of nitrogens with one attached hydrogen (secondary N) is 4. The van der Waals surface area contributed by atoms with Crippen molar-refractivity contribution in [2.24, 2.45) is 0 Å². The molecule has 352 valence electrons. The first-order valence-corrected chi connectivity index (χ1v) is 28.2. The maximum absolute atomic E-state index is 10.8. The molecular formula is C20H60N4O24P8-8. The molecule has 56 heavy (non-hydrogen) atoms. The van der Waals surface area contributed by atoms with Crippen LogP contribution in [-0.4, -0.2) is 96.0 Å². The molecule has 0 saturated carbocycles. The van der Waals surface area contributed by atoms with E-state index in [9.17, 15) is 95.2 Å². The van der Waals surface area contributed by atoms with E-state index in [4.69, 9.17) is 19.6 Å². The molecule has 0 aromatic carbocycles. The molecule has 8 N–H and O–H groups in total. The molecule has 0 aromatic rings. The van der Waals surface area contributed by atoms with E-state index in [1.54, 1.807) is 0 Å². The summed E-state index contributed by atoms with van der Waals surface area (Å²) in [5, 5.41) is 0. The van der Waals surface area contributed by atoms with Gasteiger partial charge < -0.3 is 134 Å². The van der Waals surface area contributed by atoms with Crippen molar-refractivity contribution in [3.05, 3.63) is 0 Å². The Morgan fingerprint density at radius 2 is 0.411 bits per heavy atom. The van der Waals surface area contributed by atoms with Crippen LogP contribution in [0.5, 0.6) is 0 Å². The summed E-state index contributed by atoms with van der Waals surface area (Å²) in [5.41, 5.74) is 0. The molecule has 0 amide bonds. The normalized spacial score (nSPS) is 17.1. The van der Waals surface area contributed by atoms with Crippen LogP contribution >= 0.6 is 60.8 Å².